The number of nitrogens with one attached hydrogen (secondary N) is 1. The third-order valence-corrected chi connectivity index (χ3v) is 3.87. The third-order valence-electron chi connectivity index (χ3n) is 3.87. The fourth-order valence-corrected chi connectivity index (χ4v) is 2.56. The van der Waals surface area contributed by atoms with Gasteiger partial charge in [0.05, 0.1) is 17.6 Å². The minimum absolute atomic E-state index is 0.595. The van der Waals surface area contributed by atoms with Crippen molar-refractivity contribution in [3.63, 3.8) is 0 Å². The number of hydrogen-bond donors (Lipinski definition) is 1. The van der Waals surface area contributed by atoms with Crippen LogP contribution in [0, 0.1) is 5.92 Å². The van der Waals surface area contributed by atoms with Crippen LogP contribution < -0.4 is 5.32 Å². The second kappa shape index (κ2) is 4.73. The minimum atomic E-state index is 0.595. The van der Waals surface area contributed by atoms with Crippen LogP contribution in [-0.4, -0.2) is 15.6 Å². The van der Waals surface area contributed by atoms with Crippen molar-refractivity contribution in [1.29, 1.82) is 0 Å². The average Bonchev–Trinajstić information content (AvgIpc) is 3.12. The van der Waals surface area contributed by atoms with Crippen molar-refractivity contribution in [3.8, 4) is 0 Å². The highest BCUT2D eigenvalue weighted by molar-refractivity contribution is 5.75. The van der Waals surface area contributed by atoms with Gasteiger partial charge in [-0.05, 0) is 31.4 Å². The highest BCUT2D eigenvalue weighted by Gasteiger charge is 2.23. The van der Waals surface area contributed by atoms with Crippen LogP contribution in [0.15, 0.2) is 24.3 Å². The Morgan fingerprint density at radius 1 is 1.39 bits per heavy atom. The normalized spacial score (nSPS) is 17.2. The molecule has 18 heavy (non-hydrogen) atoms. The SMILES string of the molecule is CC(CC1CC1)NCc1nc2ccccc2n1C. The first-order valence-corrected chi connectivity index (χ1v) is 6.88. The van der Waals surface area contributed by atoms with E-state index in [9.17, 15) is 0 Å². The van der Waals surface area contributed by atoms with Gasteiger partial charge in [-0.1, -0.05) is 25.0 Å². The van der Waals surface area contributed by atoms with Crippen LogP contribution in [0.4, 0.5) is 0 Å². The third kappa shape index (κ3) is 2.41. The molecule has 1 saturated carbocycles. The van der Waals surface area contributed by atoms with Crippen molar-refractivity contribution in [3.05, 3.63) is 30.1 Å². The summed E-state index contributed by atoms with van der Waals surface area (Å²) < 4.78 is 2.19. The molecule has 1 N–H and O–H groups in total. The number of aromatic nitrogens is 2. The van der Waals surface area contributed by atoms with Crippen molar-refractivity contribution in [2.45, 2.75) is 38.8 Å². The van der Waals surface area contributed by atoms with E-state index in [1.807, 2.05) is 6.07 Å². The number of hydrogen-bond acceptors (Lipinski definition) is 2. The van der Waals surface area contributed by atoms with E-state index >= 15 is 0 Å². The lowest BCUT2D eigenvalue weighted by Gasteiger charge is -2.12. The molecule has 0 spiro atoms. The molecule has 96 valence electrons. The van der Waals surface area contributed by atoms with Crippen LogP contribution in [0.5, 0.6) is 0 Å². The molecule has 0 bridgehead atoms. The second-order valence-corrected chi connectivity index (χ2v) is 5.54. The zero-order valence-electron chi connectivity index (χ0n) is 11.2. The van der Waals surface area contributed by atoms with Gasteiger partial charge in [0.1, 0.15) is 5.82 Å². The van der Waals surface area contributed by atoms with Crippen molar-refractivity contribution < 1.29 is 0 Å². The molecule has 3 nitrogen and oxygen atoms in total. The lowest BCUT2D eigenvalue weighted by Crippen LogP contribution is -2.27. The van der Waals surface area contributed by atoms with E-state index in [2.05, 4.69) is 47.0 Å². The van der Waals surface area contributed by atoms with E-state index in [1.165, 1.54) is 24.8 Å². The quantitative estimate of drug-likeness (QED) is 0.875. The van der Waals surface area contributed by atoms with Crippen molar-refractivity contribution in [2.75, 3.05) is 0 Å². The predicted octanol–water partition coefficient (Wildman–Crippen LogP) is 2.85. The molecule has 1 aromatic carbocycles. The molecular weight excluding hydrogens is 222 g/mol. The predicted molar refractivity (Wildman–Crippen MR) is 74.4 cm³/mol. The van der Waals surface area contributed by atoms with E-state index in [4.69, 9.17) is 0 Å². The number of imidazole rings is 1. The van der Waals surface area contributed by atoms with E-state index < -0.39 is 0 Å². The van der Waals surface area contributed by atoms with E-state index in [0.29, 0.717) is 6.04 Å². The second-order valence-electron chi connectivity index (χ2n) is 5.54. The monoisotopic (exact) mass is 243 g/mol. The minimum Gasteiger partial charge on any atom is -0.330 e. The average molecular weight is 243 g/mol. The summed E-state index contributed by atoms with van der Waals surface area (Å²) in [6.45, 7) is 3.14. The van der Waals surface area contributed by atoms with Gasteiger partial charge in [0.2, 0.25) is 0 Å². The summed E-state index contributed by atoms with van der Waals surface area (Å²) in [7, 11) is 2.10. The molecule has 0 aliphatic heterocycles. The maximum atomic E-state index is 4.68. The Balaban J connectivity index is 1.68. The van der Waals surface area contributed by atoms with Gasteiger partial charge in [-0.2, -0.15) is 0 Å². The molecule has 0 saturated heterocycles. The van der Waals surface area contributed by atoms with Gasteiger partial charge in [-0.3, -0.25) is 0 Å². The molecule has 2 aromatic rings. The van der Waals surface area contributed by atoms with Crippen LogP contribution in [0.1, 0.15) is 32.0 Å². The maximum Gasteiger partial charge on any atom is 0.123 e. The molecule has 1 heterocycles. The molecule has 0 radical (unpaired) electrons. The Morgan fingerprint density at radius 3 is 2.89 bits per heavy atom. The lowest BCUT2D eigenvalue weighted by atomic mass is 10.1. The Bertz CT molecular complexity index is 540. The lowest BCUT2D eigenvalue weighted by molar-refractivity contribution is 0.476. The zero-order chi connectivity index (χ0) is 12.5. The van der Waals surface area contributed by atoms with Gasteiger partial charge in [-0.15, -0.1) is 0 Å². The molecule has 1 unspecified atom stereocenters. The topological polar surface area (TPSA) is 29.9 Å². The van der Waals surface area contributed by atoms with Gasteiger partial charge in [0.25, 0.3) is 0 Å². The van der Waals surface area contributed by atoms with Gasteiger partial charge in [0, 0.05) is 13.1 Å². The van der Waals surface area contributed by atoms with Crippen LogP contribution in [-0.2, 0) is 13.6 Å². The summed E-state index contributed by atoms with van der Waals surface area (Å²) in [6.07, 6.45) is 4.17. The first kappa shape index (κ1) is 11.7. The Morgan fingerprint density at radius 2 is 2.17 bits per heavy atom. The molecule has 1 aliphatic carbocycles. The summed E-state index contributed by atoms with van der Waals surface area (Å²) in [5, 5.41) is 3.59. The first-order valence-electron chi connectivity index (χ1n) is 6.88. The van der Waals surface area contributed by atoms with Gasteiger partial charge in [0.15, 0.2) is 0 Å². The van der Waals surface area contributed by atoms with Gasteiger partial charge >= 0.3 is 0 Å². The number of aryl methyl sites for hydroxylation is 1. The van der Waals surface area contributed by atoms with Crippen LogP contribution in [0.2, 0.25) is 0 Å². The summed E-state index contributed by atoms with van der Waals surface area (Å²) in [6, 6.07) is 8.91. The van der Waals surface area contributed by atoms with Crippen LogP contribution in [0.25, 0.3) is 11.0 Å². The summed E-state index contributed by atoms with van der Waals surface area (Å²) >= 11 is 0. The molecule has 1 aromatic heterocycles. The first-order chi connectivity index (χ1) is 8.74. The maximum absolute atomic E-state index is 4.68. The molecule has 1 aliphatic rings. The highest BCUT2D eigenvalue weighted by atomic mass is 15.1. The zero-order valence-corrected chi connectivity index (χ0v) is 11.2. The number of fused-ring (bicyclic) bond motifs is 1. The Labute approximate surface area is 108 Å². The van der Waals surface area contributed by atoms with Crippen molar-refractivity contribution >= 4 is 11.0 Å². The van der Waals surface area contributed by atoms with Crippen LogP contribution in [0.3, 0.4) is 0 Å². The number of benzene rings is 1. The highest BCUT2D eigenvalue weighted by Crippen LogP contribution is 2.33. The molecule has 1 fully saturated rings. The van der Waals surface area contributed by atoms with Crippen molar-refractivity contribution in [1.82, 2.24) is 14.9 Å². The largest absolute Gasteiger partial charge is 0.330 e. The van der Waals surface area contributed by atoms with Gasteiger partial charge < -0.3 is 9.88 Å². The van der Waals surface area contributed by atoms with Crippen molar-refractivity contribution in [2.24, 2.45) is 13.0 Å². The molecule has 3 rings (SSSR count). The Hall–Kier alpha value is -1.35. The summed E-state index contributed by atoms with van der Waals surface area (Å²) in [5.74, 6) is 2.10. The molecular formula is C15H21N3. The standard InChI is InChI=1S/C15H21N3/c1-11(9-12-7-8-12)16-10-15-17-13-5-3-4-6-14(13)18(15)2/h3-6,11-12,16H,7-10H2,1-2H3. The molecule has 3 heteroatoms. The number of nitrogens with zero attached hydrogens (tertiary/aromatic N) is 2. The van der Waals surface area contributed by atoms with E-state index in [-0.39, 0.29) is 0 Å². The molecule has 1 atom stereocenters. The van der Waals surface area contributed by atoms with Gasteiger partial charge in [-0.25, -0.2) is 4.98 Å². The van der Waals surface area contributed by atoms with E-state index in [1.54, 1.807) is 0 Å². The Kier molecular flexibility index (Phi) is 3.08. The summed E-state index contributed by atoms with van der Waals surface area (Å²) in [4.78, 5) is 4.68. The van der Waals surface area contributed by atoms with Crippen LogP contribution >= 0.6 is 0 Å². The fraction of sp³-hybridized carbons (Fsp3) is 0.533. The van der Waals surface area contributed by atoms with E-state index in [0.717, 1.165) is 23.8 Å². The fourth-order valence-electron chi connectivity index (χ4n) is 2.56. The smallest absolute Gasteiger partial charge is 0.123 e. The summed E-state index contributed by atoms with van der Waals surface area (Å²) in [5.41, 5.74) is 2.30. The molecule has 0 amide bonds. The number of rotatable bonds is 5. The number of para-hydroxylation sites is 2.